The van der Waals surface area contributed by atoms with Crippen molar-refractivity contribution in [1.29, 1.82) is 0 Å². The molecule has 32 heavy (non-hydrogen) atoms. The van der Waals surface area contributed by atoms with E-state index in [-0.39, 0.29) is 17.8 Å². The van der Waals surface area contributed by atoms with Crippen LogP contribution in [0.4, 0.5) is 5.69 Å². The standard InChI is InChI=1S/C25H21BrN4OS/c1-16-15-18(9-12-20(16)26)30-24(23(28-25(30)32)21-5-2-3-13-27-21)22-6-4-14-29(22)17-7-10-19(31)11-8-17/h2-15,23-24,31H,1H3,(H,28,32)/t23-,24-/m0/s1. The number of phenolic OH excluding ortho intramolecular Hbond substituents is 1. The van der Waals surface area contributed by atoms with E-state index in [9.17, 15) is 5.11 Å². The number of anilines is 1. The Morgan fingerprint density at radius 3 is 2.50 bits per heavy atom. The molecule has 0 radical (unpaired) electrons. The minimum absolute atomic E-state index is 0.123. The number of aryl methyl sites for hydroxylation is 1. The van der Waals surface area contributed by atoms with Crippen LogP contribution < -0.4 is 10.2 Å². The molecular weight excluding hydrogens is 484 g/mol. The maximum Gasteiger partial charge on any atom is 0.174 e. The Morgan fingerprint density at radius 1 is 1.00 bits per heavy atom. The molecule has 1 saturated heterocycles. The normalized spacial score (nSPS) is 18.1. The highest BCUT2D eigenvalue weighted by molar-refractivity contribution is 9.10. The SMILES string of the molecule is Cc1cc(N2C(=S)N[C@@H](c3ccccn3)[C@@H]2c2cccn2-c2ccc(O)cc2)ccc1Br. The zero-order valence-electron chi connectivity index (χ0n) is 17.3. The lowest BCUT2D eigenvalue weighted by Gasteiger charge is -2.29. The summed E-state index contributed by atoms with van der Waals surface area (Å²) in [7, 11) is 0. The smallest absolute Gasteiger partial charge is 0.174 e. The van der Waals surface area contributed by atoms with E-state index in [2.05, 4.69) is 66.9 Å². The first-order valence-corrected chi connectivity index (χ1v) is 11.5. The van der Waals surface area contributed by atoms with Gasteiger partial charge in [-0.05, 0) is 91.4 Å². The number of halogens is 1. The summed E-state index contributed by atoms with van der Waals surface area (Å²) < 4.78 is 3.19. The first-order chi connectivity index (χ1) is 15.5. The molecule has 1 aliphatic heterocycles. The molecule has 0 amide bonds. The Morgan fingerprint density at radius 2 is 1.78 bits per heavy atom. The lowest BCUT2D eigenvalue weighted by molar-refractivity contribution is 0.475. The third-order valence-corrected chi connectivity index (χ3v) is 6.93. The Hall–Kier alpha value is -3.16. The Bertz CT molecular complexity index is 1270. The average Bonchev–Trinajstić information content (AvgIpc) is 3.41. The van der Waals surface area contributed by atoms with Crippen molar-refractivity contribution in [2.45, 2.75) is 19.0 Å². The van der Waals surface area contributed by atoms with Gasteiger partial charge in [0.05, 0.1) is 11.7 Å². The summed E-state index contributed by atoms with van der Waals surface area (Å²) in [4.78, 5) is 6.80. The molecule has 2 aromatic heterocycles. The summed E-state index contributed by atoms with van der Waals surface area (Å²) >= 11 is 9.44. The first-order valence-electron chi connectivity index (χ1n) is 10.3. The van der Waals surface area contributed by atoms with Crippen LogP contribution in [0.5, 0.6) is 5.75 Å². The van der Waals surface area contributed by atoms with Gasteiger partial charge in [0.25, 0.3) is 0 Å². The van der Waals surface area contributed by atoms with Crippen LogP contribution in [0.15, 0.2) is 89.7 Å². The zero-order chi connectivity index (χ0) is 22.2. The number of aromatic nitrogens is 2. The van der Waals surface area contributed by atoms with Crippen LogP contribution in [-0.2, 0) is 0 Å². The van der Waals surface area contributed by atoms with Crippen LogP contribution in [0.25, 0.3) is 5.69 Å². The molecule has 0 saturated carbocycles. The third-order valence-electron chi connectivity index (χ3n) is 5.73. The molecule has 0 unspecified atom stereocenters. The fourth-order valence-electron chi connectivity index (χ4n) is 4.20. The second kappa shape index (κ2) is 8.41. The van der Waals surface area contributed by atoms with Crippen LogP contribution in [-0.4, -0.2) is 19.8 Å². The topological polar surface area (TPSA) is 53.3 Å². The van der Waals surface area contributed by atoms with E-state index < -0.39 is 0 Å². The van der Waals surface area contributed by atoms with Gasteiger partial charge in [0.1, 0.15) is 11.8 Å². The van der Waals surface area contributed by atoms with Crippen LogP contribution >= 0.6 is 28.1 Å². The summed E-state index contributed by atoms with van der Waals surface area (Å²) in [6.07, 6.45) is 3.84. The molecule has 2 N–H and O–H groups in total. The molecule has 160 valence electrons. The summed E-state index contributed by atoms with van der Waals surface area (Å²) in [6.45, 7) is 2.07. The quantitative estimate of drug-likeness (QED) is 0.342. The highest BCUT2D eigenvalue weighted by atomic mass is 79.9. The van der Waals surface area contributed by atoms with E-state index in [1.165, 1.54) is 0 Å². The zero-order valence-corrected chi connectivity index (χ0v) is 19.7. The van der Waals surface area contributed by atoms with E-state index in [1.54, 1.807) is 12.1 Å². The van der Waals surface area contributed by atoms with Crippen LogP contribution in [0.1, 0.15) is 29.0 Å². The van der Waals surface area contributed by atoms with Gasteiger partial charge in [-0.15, -0.1) is 0 Å². The van der Waals surface area contributed by atoms with Crippen molar-refractivity contribution in [3.05, 3.63) is 107 Å². The molecule has 5 nitrogen and oxygen atoms in total. The molecule has 0 bridgehead atoms. The minimum Gasteiger partial charge on any atom is -0.508 e. The van der Waals surface area contributed by atoms with Crippen LogP contribution in [0, 0.1) is 6.92 Å². The Balaban J connectivity index is 1.67. The fourth-order valence-corrected chi connectivity index (χ4v) is 4.79. The highest BCUT2D eigenvalue weighted by Gasteiger charge is 2.42. The molecule has 2 atom stereocenters. The lowest BCUT2D eigenvalue weighted by Crippen LogP contribution is -2.30. The van der Waals surface area contributed by atoms with E-state index >= 15 is 0 Å². The predicted octanol–water partition coefficient (Wildman–Crippen LogP) is 5.83. The largest absolute Gasteiger partial charge is 0.508 e. The van der Waals surface area contributed by atoms with Crippen molar-refractivity contribution in [3.63, 3.8) is 0 Å². The monoisotopic (exact) mass is 504 g/mol. The number of pyridine rings is 1. The van der Waals surface area contributed by atoms with E-state index in [4.69, 9.17) is 12.2 Å². The number of hydrogen-bond donors (Lipinski definition) is 2. The molecular formula is C25H21BrN4OS. The second-order valence-corrected chi connectivity index (χ2v) is 8.99. The number of phenols is 1. The molecule has 1 aliphatic rings. The number of hydrogen-bond acceptors (Lipinski definition) is 3. The summed E-state index contributed by atoms with van der Waals surface area (Å²) in [5, 5.41) is 13.9. The van der Waals surface area contributed by atoms with Crippen LogP contribution in [0.2, 0.25) is 0 Å². The molecule has 7 heteroatoms. The predicted molar refractivity (Wildman–Crippen MR) is 134 cm³/mol. The van der Waals surface area contributed by atoms with Crippen molar-refractivity contribution in [3.8, 4) is 11.4 Å². The van der Waals surface area contributed by atoms with Gasteiger partial charge in [-0.2, -0.15) is 0 Å². The first kappa shape index (κ1) is 20.7. The van der Waals surface area contributed by atoms with Crippen molar-refractivity contribution >= 4 is 38.9 Å². The summed E-state index contributed by atoms with van der Waals surface area (Å²) in [5.41, 5.74) is 5.12. The Kier molecular flexibility index (Phi) is 5.45. The molecule has 3 heterocycles. The molecule has 0 aliphatic carbocycles. The van der Waals surface area contributed by atoms with Gasteiger partial charge in [0.2, 0.25) is 0 Å². The van der Waals surface area contributed by atoms with Crippen LogP contribution in [0.3, 0.4) is 0 Å². The molecule has 1 fully saturated rings. The number of nitrogens with one attached hydrogen (secondary N) is 1. The Labute approximate surface area is 200 Å². The number of nitrogens with zero attached hydrogens (tertiary/aromatic N) is 3. The molecule has 4 aromatic rings. The van der Waals surface area contributed by atoms with Crippen molar-refractivity contribution in [2.75, 3.05) is 4.90 Å². The van der Waals surface area contributed by atoms with Gasteiger partial charge in [0.15, 0.2) is 5.11 Å². The number of aromatic hydroxyl groups is 1. The van der Waals surface area contributed by atoms with Gasteiger partial charge in [0, 0.05) is 33.9 Å². The molecule has 5 rings (SSSR count). The van der Waals surface area contributed by atoms with Gasteiger partial charge < -0.3 is 19.9 Å². The maximum absolute atomic E-state index is 9.74. The summed E-state index contributed by atoms with van der Waals surface area (Å²) in [5.74, 6) is 0.240. The number of benzene rings is 2. The average molecular weight is 505 g/mol. The van der Waals surface area contributed by atoms with E-state index in [0.29, 0.717) is 5.11 Å². The minimum atomic E-state index is -0.126. The number of rotatable bonds is 4. The summed E-state index contributed by atoms with van der Waals surface area (Å²) in [6, 6.07) is 23.3. The fraction of sp³-hybridized carbons (Fsp3) is 0.120. The highest BCUT2D eigenvalue weighted by Crippen LogP contribution is 2.42. The van der Waals surface area contributed by atoms with Crippen molar-refractivity contribution in [2.24, 2.45) is 0 Å². The van der Waals surface area contributed by atoms with E-state index in [0.717, 1.165) is 32.8 Å². The van der Waals surface area contributed by atoms with Gasteiger partial charge in [-0.1, -0.05) is 22.0 Å². The maximum atomic E-state index is 9.74. The van der Waals surface area contributed by atoms with Crippen molar-refractivity contribution in [1.82, 2.24) is 14.9 Å². The second-order valence-electron chi connectivity index (χ2n) is 7.75. The number of thiocarbonyl (C=S) groups is 1. The molecule has 0 spiro atoms. The van der Waals surface area contributed by atoms with Crippen molar-refractivity contribution < 1.29 is 5.11 Å². The third kappa shape index (κ3) is 3.67. The van der Waals surface area contributed by atoms with Gasteiger partial charge in [-0.25, -0.2) is 0 Å². The molecule has 2 aromatic carbocycles. The lowest BCUT2D eigenvalue weighted by atomic mass is 10.0. The van der Waals surface area contributed by atoms with Gasteiger partial charge in [-0.3, -0.25) is 4.98 Å². The van der Waals surface area contributed by atoms with E-state index in [1.807, 2.05) is 48.8 Å². The van der Waals surface area contributed by atoms with Gasteiger partial charge >= 0.3 is 0 Å².